The van der Waals surface area contributed by atoms with Gasteiger partial charge in [0.05, 0.1) is 0 Å². The zero-order valence-electron chi connectivity index (χ0n) is 8.91. The first kappa shape index (κ1) is 10.7. The molecular formula is C9H17N5. The summed E-state index contributed by atoms with van der Waals surface area (Å²) in [6.07, 6.45) is 2.65. The molecule has 14 heavy (non-hydrogen) atoms. The molecule has 0 bridgehead atoms. The van der Waals surface area contributed by atoms with Crippen LogP contribution in [0.4, 0.5) is 11.8 Å². The number of nitrogen functional groups attached to an aromatic ring is 1. The van der Waals surface area contributed by atoms with E-state index in [1.807, 2.05) is 14.1 Å². The number of nitrogens with two attached hydrogens (primary N) is 1. The van der Waals surface area contributed by atoms with Crippen LogP contribution in [0, 0.1) is 0 Å². The van der Waals surface area contributed by atoms with Crippen molar-refractivity contribution >= 4 is 11.8 Å². The number of aromatic nitrogens is 2. The summed E-state index contributed by atoms with van der Waals surface area (Å²) >= 11 is 0. The van der Waals surface area contributed by atoms with Crippen molar-refractivity contribution < 1.29 is 0 Å². The van der Waals surface area contributed by atoms with Crippen LogP contribution in [-0.4, -0.2) is 42.6 Å². The van der Waals surface area contributed by atoms with Crippen LogP contribution in [0.5, 0.6) is 0 Å². The highest BCUT2D eigenvalue weighted by atomic mass is 15.1. The summed E-state index contributed by atoms with van der Waals surface area (Å²) in [5.41, 5.74) is 6.77. The van der Waals surface area contributed by atoms with Gasteiger partial charge >= 0.3 is 0 Å². The molecular weight excluding hydrogens is 178 g/mol. The van der Waals surface area contributed by atoms with E-state index in [0.29, 0.717) is 11.8 Å². The molecule has 0 aliphatic rings. The smallest absolute Gasteiger partial charge is 0.224 e. The topological polar surface area (TPSA) is 67.1 Å². The number of likely N-dealkylation sites (N-methyl/N-ethyl adjacent to an activating group) is 1. The van der Waals surface area contributed by atoms with Crippen molar-refractivity contribution in [3.63, 3.8) is 0 Å². The molecule has 1 heterocycles. The quantitative estimate of drug-likeness (QED) is 0.718. The minimum absolute atomic E-state index is 0.561. The second-order valence-electron chi connectivity index (χ2n) is 3.41. The number of hydrogen-bond donors (Lipinski definition) is 2. The highest BCUT2D eigenvalue weighted by Gasteiger charge is 2.03. The van der Waals surface area contributed by atoms with Gasteiger partial charge in [0.15, 0.2) is 0 Å². The van der Waals surface area contributed by atoms with Crippen LogP contribution < -0.4 is 11.1 Å². The molecule has 0 unspecified atom stereocenters. The zero-order valence-corrected chi connectivity index (χ0v) is 8.91. The van der Waals surface area contributed by atoms with E-state index in [0.717, 1.165) is 18.5 Å². The lowest BCUT2D eigenvalue weighted by atomic mass is 10.2. The van der Waals surface area contributed by atoms with Crippen molar-refractivity contribution in [1.29, 1.82) is 0 Å². The van der Waals surface area contributed by atoms with E-state index in [2.05, 4.69) is 20.2 Å². The van der Waals surface area contributed by atoms with Gasteiger partial charge in [-0.3, -0.25) is 0 Å². The summed E-state index contributed by atoms with van der Waals surface area (Å²) in [7, 11) is 5.83. The van der Waals surface area contributed by atoms with Gasteiger partial charge in [-0.15, -0.1) is 0 Å². The summed E-state index contributed by atoms with van der Waals surface area (Å²) in [4.78, 5) is 10.3. The Morgan fingerprint density at radius 3 is 2.71 bits per heavy atom. The Kier molecular flexibility index (Phi) is 3.64. The van der Waals surface area contributed by atoms with Gasteiger partial charge in [0.25, 0.3) is 0 Å². The fraction of sp³-hybridized carbons (Fsp3) is 0.556. The molecule has 0 amide bonds. The van der Waals surface area contributed by atoms with E-state index in [1.165, 1.54) is 0 Å². The third-order valence-corrected chi connectivity index (χ3v) is 1.95. The molecule has 0 aromatic carbocycles. The number of hydrogen-bond acceptors (Lipinski definition) is 5. The predicted octanol–water partition coefficient (Wildman–Crippen LogP) is 0.205. The summed E-state index contributed by atoms with van der Waals surface area (Å²) < 4.78 is 0. The zero-order chi connectivity index (χ0) is 10.6. The van der Waals surface area contributed by atoms with E-state index in [1.54, 1.807) is 13.2 Å². The predicted molar refractivity (Wildman–Crippen MR) is 58.2 cm³/mol. The van der Waals surface area contributed by atoms with E-state index < -0.39 is 0 Å². The lowest BCUT2D eigenvalue weighted by Gasteiger charge is -2.10. The molecule has 0 atom stereocenters. The maximum absolute atomic E-state index is 5.77. The standard InChI is InChI=1S/C9H17N5/c1-11-9-12-6-7(8(10)13-9)4-5-14(2)3/h6H,4-5H2,1-3H3,(H3,10,11,12,13). The second-order valence-corrected chi connectivity index (χ2v) is 3.41. The lowest BCUT2D eigenvalue weighted by molar-refractivity contribution is 0.413. The summed E-state index contributed by atoms with van der Waals surface area (Å²) in [5, 5.41) is 2.85. The molecule has 5 heteroatoms. The van der Waals surface area contributed by atoms with Gasteiger partial charge in [-0.25, -0.2) is 4.98 Å². The molecule has 0 aliphatic heterocycles. The van der Waals surface area contributed by atoms with Gasteiger partial charge in [-0.2, -0.15) is 4.98 Å². The first-order valence-corrected chi connectivity index (χ1v) is 4.57. The molecule has 0 spiro atoms. The van der Waals surface area contributed by atoms with Gasteiger partial charge in [0.2, 0.25) is 5.95 Å². The Labute approximate surface area is 84.3 Å². The Bertz CT molecular complexity index is 297. The van der Waals surface area contributed by atoms with Crippen LogP contribution in [0.2, 0.25) is 0 Å². The van der Waals surface area contributed by atoms with Gasteiger partial charge in [-0.05, 0) is 20.5 Å². The van der Waals surface area contributed by atoms with E-state index >= 15 is 0 Å². The third kappa shape index (κ3) is 2.85. The first-order valence-electron chi connectivity index (χ1n) is 4.57. The largest absolute Gasteiger partial charge is 0.383 e. The van der Waals surface area contributed by atoms with Crippen molar-refractivity contribution in [1.82, 2.24) is 14.9 Å². The monoisotopic (exact) mass is 195 g/mol. The molecule has 0 aliphatic carbocycles. The second kappa shape index (κ2) is 4.76. The molecule has 0 radical (unpaired) electrons. The van der Waals surface area contributed by atoms with Crippen molar-refractivity contribution in [2.75, 3.05) is 38.7 Å². The highest BCUT2D eigenvalue weighted by molar-refractivity contribution is 5.42. The average molecular weight is 195 g/mol. The minimum atomic E-state index is 0.561. The number of anilines is 2. The maximum Gasteiger partial charge on any atom is 0.224 e. The summed E-state index contributed by atoms with van der Waals surface area (Å²) in [5.74, 6) is 1.13. The van der Waals surface area contributed by atoms with Crippen molar-refractivity contribution in [3.05, 3.63) is 11.8 Å². The molecule has 78 valence electrons. The van der Waals surface area contributed by atoms with Crippen LogP contribution in [0.15, 0.2) is 6.20 Å². The molecule has 0 fully saturated rings. The molecule has 5 nitrogen and oxygen atoms in total. The minimum Gasteiger partial charge on any atom is -0.383 e. The van der Waals surface area contributed by atoms with E-state index in [-0.39, 0.29) is 0 Å². The summed E-state index contributed by atoms with van der Waals surface area (Å²) in [6, 6.07) is 0. The fourth-order valence-electron chi connectivity index (χ4n) is 1.08. The highest BCUT2D eigenvalue weighted by Crippen LogP contribution is 2.10. The number of nitrogens with one attached hydrogen (secondary N) is 1. The van der Waals surface area contributed by atoms with Gasteiger partial charge < -0.3 is 16.0 Å². The molecule has 1 rings (SSSR count). The molecule has 3 N–H and O–H groups in total. The molecule has 0 saturated carbocycles. The number of rotatable bonds is 4. The van der Waals surface area contributed by atoms with Gasteiger partial charge in [-0.1, -0.05) is 0 Å². The molecule has 0 saturated heterocycles. The van der Waals surface area contributed by atoms with E-state index in [9.17, 15) is 0 Å². The van der Waals surface area contributed by atoms with Crippen LogP contribution in [-0.2, 0) is 6.42 Å². The van der Waals surface area contributed by atoms with Crippen molar-refractivity contribution in [2.24, 2.45) is 0 Å². The lowest BCUT2D eigenvalue weighted by Crippen LogP contribution is -2.16. The Balaban J connectivity index is 2.69. The Morgan fingerprint density at radius 2 is 2.21 bits per heavy atom. The number of nitrogens with zero attached hydrogens (tertiary/aromatic N) is 3. The third-order valence-electron chi connectivity index (χ3n) is 1.95. The fourth-order valence-corrected chi connectivity index (χ4v) is 1.08. The van der Waals surface area contributed by atoms with Crippen LogP contribution >= 0.6 is 0 Å². The van der Waals surface area contributed by atoms with E-state index in [4.69, 9.17) is 5.73 Å². The van der Waals surface area contributed by atoms with Gasteiger partial charge in [0, 0.05) is 25.4 Å². The molecule has 1 aromatic rings. The van der Waals surface area contributed by atoms with Gasteiger partial charge in [0.1, 0.15) is 5.82 Å². The van der Waals surface area contributed by atoms with Crippen molar-refractivity contribution in [3.8, 4) is 0 Å². The van der Waals surface area contributed by atoms with Crippen molar-refractivity contribution in [2.45, 2.75) is 6.42 Å². The first-order chi connectivity index (χ1) is 6.63. The van der Waals surface area contributed by atoms with Crippen LogP contribution in [0.25, 0.3) is 0 Å². The normalized spacial score (nSPS) is 10.6. The average Bonchev–Trinajstić information content (AvgIpc) is 2.15. The SMILES string of the molecule is CNc1ncc(CCN(C)C)c(N)n1. The molecule has 1 aromatic heterocycles. The maximum atomic E-state index is 5.77. The summed E-state index contributed by atoms with van der Waals surface area (Å²) in [6.45, 7) is 0.951. The van der Waals surface area contributed by atoms with Crippen LogP contribution in [0.3, 0.4) is 0 Å². The Morgan fingerprint density at radius 1 is 1.50 bits per heavy atom. The Hall–Kier alpha value is -1.36. The van der Waals surface area contributed by atoms with Crippen LogP contribution in [0.1, 0.15) is 5.56 Å².